The van der Waals surface area contributed by atoms with Crippen molar-refractivity contribution in [3.63, 3.8) is 0 Å². The summed E-state index contributed by atoms with van der Waals surface area (Å²) in [6.07, 6.45) is 0. The van der Waals surface area contributed by atoms with E-state index in [1.54, 1.807) is 37.3 Å². The van der Waals surface area contributed by atoms with Crippen LogP contribution in [-0.2, 0) is 14.3 Å². The van der Waals surface area contributed by atoms with Gasteiger partial charge >= 0.3 is 12.0 Å². The molecule has 1 N–H and O–H groups in total. The number of carbonyl (C=O) groups excluding carboxylic acids is 4. The molecule has 1 fully saturated rings. The SMILES string of the molecule is CCOC(=O)C(C(=O)c1ccccc1)=C1NC(=O)N(c2ccc(OC)cc2)C1=O. The molecule has 0 atom stereocenters. The Bertz CT molecular complexity index is 996. The number of amides is 3. The van der Waals surface area contributed by atoms with Crippen molar-refractivity contribution in [2.75, 3.05) is 18.6 Å². The van der Waals surface area contributed by atoms with Gasteiger partial charge in [0.25, 0.3) is 5.91 Å². The predicted octanol–water partition coefficient (Wildman–Crippen LogP) is 2.45. The molecule has 148 valence electrons. The van der Waals surface area contributed by atoms with Crippen LogP contribution in [0.5, 0.6) is 5.75 Å². The van der Waals surface area contributed by atoms with Crippen LogP contribution in [0, 0.1) is 0 Å². The Kier molecular flexibility index (Phi) is 5.73. The molecule has 0 radical (unpaired) electrons. The van der Waals surface area contributed by atoms with Gasteiger partial charge in [-0.1, -0.05) is 30.3 Å². The molecule has 0 saturated carbocycles. The fourth-order valence-electron chi connectivity index (χ4n) is 2.80. The Balaban J connectivity index is 2.06. The molecular weight excluding hydrogens is 376 g/mol. The summed E-state index contributed by atoms with van der Waals surface area (Å²) in [6, 6.07) is 13.4. The maximum Gasteiger partial charge on any atom is 0.344 e. The third kappa shape index (κ3) is 3.86. The standard InChI is InChI=1S/C21H18N2O6/c1-3-29-20(26)16(18(24)13-7-5-4-6-8-13)17-19(25)23(21(27)22-17)14-9-11-15(28-2)12-10-14/h4-12H,3H2,1-2H3,(H,22,27). The number of ether oxygens (including phenoxy) is 2. The lowest BCUT2D eigenvalue weighted by molar-refractivity contribution is -0.138. The van der Waals surface area contributed by atoms with Crippen molar-refractivity contribution in [2.24, 2.45) is 0 Å². The predicted molar refractivity (Wildman–Crippen MR) is 103 cm³/mol. The second-order valence-electron chi connectivity index (χ2n) is 5.93. The van der Waals surface area contributed by atoms with Crippen molar-refractivity contribution >= 4 is 29.4 Å². The molecule has 0 bridgehead atoms. The number of anilines is 1. The van der Waals surface area contributed by atoms with Crippen LogP contribution in [-0.4, -0.2) is 37.4 Å². The summed E-state index contributed by atoms with van der Waals surface area (Å²) in [4.78, 5) is 51.7. The van der Waals surface area contributed by atoms with Crippen LogP contribution in [0.4, 0.5) is 10.5 Å². The van der Waals surface area contributed by atoms with E-state index in [2.05, 4.69) is 5.32 Å². The fraction of sp³-hybridized carbons (Fsp3) is 0.143. The highest BCUT2D eigenvalue weighted by Crippen LogP contribution is 2.26. The number of hydrogen-bond donors (Lipinski definition) is 1. The molecule has 2 aromatic carbocycles. The first kappa shape index (κ1) is 19.8. The summed E-state index contributed by atoms with van der Waals surface area (Å²) in [6.45, 7) is 1.58. The number of methoxy groups -OCH3 is 1. The fourth-order valence-corrected chi connectivity index (χ4v) is 2.80. The van der Waals surface area contributed by atoms with Crippen LogP contribution in [0.1, 0.15) is 17.3 Å². The van der Waals surface area contributed by atoms with Crippen molar-refractivity contribution in [2.45, 2.75) is 6.92 Å². The second kappa shape index (κ2) is 8.39. The van der Waals surface area contributed by atoms with E-state index >= 15 is 0 Å². The van der Waals surface area contributed by atoms with E-state index < -0.39 is 35.0 Å². The smallest absolute Gasteiger partial charge is 0.344 e. The van der Waals surface area contributed by atoms with Gasteiger partial charge in [-0.25, -0.2) is 14.5 Å². The van der Waals surface area contributed by atoms with Gasteiger partial charge in [0, 0.05) is 5.56 Å². The molecule has 3 rings (SSSR count). The van der Waals surface area contributed by atoms with Gasteiger partial charge in [0.1, 0.15) is 17.0 Å². The average molecular weight is 394 g/mol. The Hall–Kier alpha value is -3.94. The molecule has 0 spiro atoms. The minimum Gasteiger partial charge on any atom is -0.497 e. The lowest BCUT2D eigenvalue weighted by Crippen LogP contribution is -2.30. The number of ketones is 1. The van der Waals surface area contributed by atoms with E-state index in [-0.39, 0.29) is 17.9 Å². The summed E-state index contributed by atoms with van der Waals surface area (Å²) < 4.78 is 10.0. The zero-order valence-corrected chi connectivity index (χ0v) is 15.8. The molecule has 1 heterocycles. The van der Waals surface area contributed by atoms with Crippen molar-refractivity contribution in [3.8, 4) is 5.75 Å². The zero-order valence-electron chi connectivity index (χ0n) is 15.8. The number of rotatable bonds is 6. The molecular formula is C21H18N2O6. The van der Waals surface area contributed by atoms with Crippen LogP contribution < -0.4 is 15.0 Å². The van der Waals surface area contributed by atoms with Gasteiger partial charge in [0.05, 0.1) is 19.4 Å². The van der Waals surface area contributed by atoms with E-state index in [1.807, 2.05) is 0 Å². The number of Topliss-reactive ketones (excluding diaryl/α,β-unsaturated/α-hetero) is 1. The first-order valence-corrected chi connectivity index (χ1v) is 8.78. The molecule has 1 aliphatic rings. The highest BCUT2D eigenvalue weighted by molar-refractivity contribution is 6.34. The Morgan fingerprint density at radius 2 is 1.66 bits per heavy atom. The summed E-state index contributed by atoms with van der Waals surface area (Å²) >= 11 is 0. The number of hydrogen-bond acceptors (Lipinski definition) is 6. The molecule has 29 heavy (non-hydrogen) atoms. The Labute approximate surface area is 166 Å². The molecule has 8 heteroatoms. The minimum absolute atomic E-state index is 0.00200. The van der Waals surface area contributed by atoms with Gasteiger partial charge in [0.15, 0.2) is 0 Å². The maximum absolute atomic E-state index is 13.0. The third-order valence-corrected chi connectivity index (χ3v) is 4.18. The third-order valence-electron chi connectivity index (χ3n) is 4.18. The van der Waals surface area contributed by atoms with Crippen molar-refractivity contribution in [3.05, 3.63) is 71.4 Å². The van der Waals surface area contributed by atoms with E-state index in [4.69, 9.17) is 9.47 Å². The van der Waals surface area contributed by atoms with Crippen LogP contribution in [0.3, 0.4) is 0 Å². The van der Waals surface area contributed by atoms with Gasteiger partial charge in [0.2, 0.25) is 5.78 Å². The van der Waals surface area contributed by atoms with E-state index in [9.17, 15) is 19.2 Å². The number of nitrogens with zero attached hydrogens (tertiary/aromatic N) is 1. The van der Waals surface area contributed by atoms with Crippen molar-refractivity contribution < 1.29 is 28.7 Å². The first-order valence-electron chi connectivity index (χ1n) is 8.78. The Morgan fingerprint density at radius 1 is 1.00 bits per heavy atom. The van der Waals surface area contributed by atoms with Crippen LogP contribution >= 0.6 is 0 Å². The highest BCUT2D eigenvalue weighted by Gasteiger charge is 2.41. The van der Waals surface area contributed by atoms with Gasteiger partial charge in [-0.3, -0.25) is 9.59 Å². The number of nitrogens with one attached hydrogen (secondary N) is 1. The highest BCUT2D eigenvalue weighted by atomic mass is 16.5. The zero-order chi connectivity index (χ0) is 21.0. The van der Waals surface area contributed by atoms with E-state index in [1.165, 1.54) is 31.4 Å². The average Bonchev–Trinajstić information content (AvgIpc) is 3.03. The number of benzene rings is 2. The lowest BCUT2D eigenvalue weighted by Gasteiger charge is -2.12. The summed E-state index contributed by atoms with van der Waals surface area (Å²) in [5.41, 5.74) is -0.489. The number of carbonyl (C=O) groups is 4. The van der Waals surface area contributed by atoms with Gasteiger partial charge in [-0.05, 0) is 31.2 Å². The van der Waals surface area contributed by atoms with E-state index in [0.29, 0.717) is 5.75 Å². The largest absolute Gasteiger partial charge is 0.497 e. The normalized spacial score (nSPS) is 15.0. The molecule has 0 aliphatic carbocycles. The van der Waals surface area contributed by atoms with E-state index in [0.717, 1.165) is 4.90 Å². The Morgan fingerprint density at radius 3 is 2.24 bits per heavy atom. The first-order chi connectivity index (χ1) is 14.0. The van der Waals surface area contributed by atoms with Crippen molar-refractivity contribution in [1.29, 1.82) is 0 Å². The number of urea groups is 1. The molecule has 0 aromatic heterocycles. The van der Waals surface area contributed by atoms with Crippen LogP contribution in [0.2, 0.25) is 0 Å². The molecule has 1 saturated heterocycles. The van der Waals surface area contributed by atoms with Gasteiger partial charge < -0.3 is 14.8 Å². The topological polar surface area (TPSA) is 102 Å². The van der Waals surface area contributed by atoms with Crippen LogP contribution in [0.15, 0.2) is 65.9 Å². The van der Waals surface area contributed by atoms with Crippen molar-refractivity contribution in [1.82, 2.24) is 5.32 Å². The molecule has 8 nitrogen and oxygen atoms in total. The second-order valence-corrected chi connectivity index (χ2v) is 5.93. The molecule has 0 unspecified atom stereocenters. The molecule has 2 aromatic rings. The molecule has 3 amide bonds. The minimum atomic E-state index is -0.985. The van der Waals surface area contributed by atoms with Gasteiger partial charge in [-0.15, -0.1) is 0 Å². The summed E-state index contributed by atoms with van der Waals surface area (Å²) in [5, 5.41) is 2.34. The molecule has 1 aliphatic heterocycles. The monoisotopic (exact) mass is 394 g/mol. The van der Waals surface area contributed by atoms with Crippen LogP contribution in [0.25, 0.3) is 0 Å². The summed E-state index contributed by atoms with van der Waals surface area (Å²) in [7, 11) is 1.49. The number of esters is 1. The lowest BCUT2D eigenvalue weighted by atomic mass is 10.0. The number of imide groups is 1. The summed E-state index contributed by atoms with van der Waals surface area (Å²) in [5.74, 6) is -1.98. The maximum atomic E-state index is 13.0. The quantitative estimate of drug-likeness (QED) is 0.202. The van der Waals surface area contributed by atoms with Gasteiger partial charge in [-0.2, -0.15) is 0 Å².